The van der Waals surface area contributed by atoms with Gasteiger partial charge < -0.3 is 14.8 Å². The highest BCUT2D eigenvalue weighted by atomic mass is 16.5. The minimum atomic E-state index is -0.313. The smallest absolute Gasteiger partial charge is 0.262 e. The third kappa shape index (κ3) is 4.09. The Labute approximate surface area is 128 Å². The summed E-state index contributed by atoms with van der Waals surface area (Å²) >= 11 is 0. The number of anilines is 1. The van der Waals surface area contributed by atoms with Crippen molar-refractivity contribution >= 4 is 17.4 Å². The minimum absolute atomic E-state index is 0.108. The molecule has 0 unspecified atom stereocenters. The van der Waals surface area contributed by atoms with Gasteiger partial charge in [-0.05, 0) is 31.2 Å². The fraction of sp³-hybridized carbons (Fsp3) is 0.176. The molecule has 0 radical (unpaired) electrons. The van der Waals surface area contributed by atoms with Gasteiger partial charge in [0.1, 0.15) is 11.5 Å². The number of rotatable bonds is 6. The van der Waals surface area contributed by atoms with Crippen LogP contribution in [0.3, 0.4) is 0 Å². The molecule has 0 atom stereocenters. The van der Waals surface area contributed by atoms with Gasteiger partial charge in [-0.15, -0.1) is 0 Å². The monoisotopic (exact) mass is 299 g/mol. The molecule has 1 amide bonds. The number of Topliss-reactive ketones (excluding diaryl/α,β-unsaturated/α-hetero) is 1. The maximum absolute atomic E-state index is 11.9. The van der Waals surface area contributed by atoms with Crippen LogP contribution in [0, 0.1) is 0 Å². The zero-order valence-corrected chi connectivity index (χ0v) is 12.5. The van der Waals surface area contributed by atoms with E-state index in [-0.39, 0.29) is 18.3 Å². The zero-order valence-electron chi connectivity index (χ0n) is 12.5. The number of benzene rings is 2. The van der Waals surface area contributed by atoms with Crippen molar-refractivity contribution in [2.24, 2.45) is 0 Å². The Balaban J connectivity index is 1.97. The van der Waals surface area contributed by atoms with E-state index in [4.69, 9.17) is 9.47 Å². The van der Waals surface area contributed by atoms with Crippen molar-refractivity contribution in [1.82, 2.24) is 0 Å². The van der Waals surface area contributed by atoms with Crippen molar-refractivity contribution < 1.29 is 19.1 Å². The number of carbonyl (C=O) groups is 2. The molecule has 0 spiro atoms. The SMILES string of the molecule is COc1cccc(NC(=O)COc2ccccc2C(C)=O)c1. The zero-order chi connectivity index (χ0) is 15.9. The molecule has 0 saturated heterocycles. The van der Waals surface area contributed by atoms with Crippen LogP contribution in [0.25, 0.3) is 0 Å². The minimum Gasteiger partial charge on any atom is -0.497 e. The number of carbonyl (C=O) groups excluding carboxylic acids is 2. The Hall–Kier alpha value is -2.82. The third-order valence-corrected chi connectivity index (χ3v) is 2.98. The fourth-order valence-electron chi connectivity index (χ4n) is 1.92. The molecule has 0 aliphatic carbocycles. The lowest BCUT2D eigenvalue weighted by Crippen LogP contribution is -2.20. The molecule has 0 heterocycles. The van der Waals surface area contributed by atoms with Crippen LogP contribution in [-0.4, -0.2) is 25.4 Å². The lowest BCUT2D eigenvalue weighted by molar-refractivity contribution is -0.118. The molecule has 2 aromatic carbocycles. The van der Waals surface area contributed by atoms with Gasteiger partial charge in [0.15, 0.2) is 12.4 Å². The lowest BCUT2D eigenvalue weighted by Gasteiger charge is -2.10. The summed E-state index contributed by atoms with van der Waals surface area (Å²) in [5, 5.41) is 2.71. The number of amides is 1. The first-order valence-corrected chi connectivity index (χ1v) is 6.77. The largest absolute Gasteiger partial charge is 0.497 e. The first-order chi connectivity index (χ1) is 10.6. The summed E-state index contributed by atoms with van der Waals surface area (Å²) < 4.78 is 10.5. The Kier molecular flexibility index (Phi) is 5.14. The van der Waals surface area contributed by atoms with Crippen molar-refractivity contribution in [3.63, 3.8) is 0 Å². The number of para-hydroxylation sites is 1. The van der Waals surface area contributed by atoms with Crippen LogP contribution >= 0.6 is 0 Å². The molecule has 1 N–H and O–H groups in total. The summed E-state index contributed by atoms with van der Waals surface area (Å²) in [6.45, 7) is 1.28. The molecule has 2 rings (SSSR count). The number of methoxy groups -OCH3 is 1. The summed E-state index contributed by atoms with van der Waals surface area (Å²) in [6, 6.07) is 13.9. The lowest BCUT2D eigenvalue weighted by atomic mass is 10.1. The van der Waals surface area contributed by atoms with Gasteiger partial charge in [-0.3, -0.25) is 9.59 Å². The second-order valence-corrected chi connectivity index (χ2v) is 4.62. The number of nitrogens with one attached hydrogen (secondary N) is 1. The molecular formula is C17H17NO4. The maximum Gasteiger partial charge on any atom is 0.262 e. The van der Waals surface area contributed by atoms with E-state index in [2.05, 4.69) is 5.32 Å². The Morgan fingerprint density at radius 2 is 1.86 bits per heavy atom. The summed E-state index contributed by atoms with van der Waals surface area (Å²) in [4.78, 5) is 23.4. The van der Waals surface area contributed by atoms with Crippen LogP contribution in [0.4, 0.5) is 5.69 Å². The molecule has 5 heteroatoms. The molecule has 0 bridgehead atoms. The maximum atomic E-state index is 11.9. The molecule has 2 aromatic rings. The Morgan fingerprint density at radius 3 is 2.59 bits per heavy atom. The van der Waals surface area contributed by atoms with Gasteiger partial charge in [-0.2, -0.15) is 0 Å². The summed E-state index contributed by atoms with van der Waals surface area (Å²) in [5.41, 5.74) is 1.07. The van der Waals surface area contributed by atoms with Gasteiger partial charge in [0.2, 0.25) is 0 Å². The number of ether oxygens (including phenoxy) is 2. The predicted molar refractivity (Wildman–Crippen MR) is 83.6 cm³/mol. The van der Waals surface area contributed by atoms with Gasteiger partial charge >= 0.3 is 0 Å². The Morgan fingerprint density at radius 1 is 1.09 bits per heavy atom. The quantitative estimate of drug-likeness (QED) is 0.833. The van der Waals surface area contributed by atoms with Gasteiger partial charge in [0.05, 0.1) is 12.7 Å². The van der Waals surface area contributed by atoms with Gasteiger partial charge in [0.25, 0.3) is 5.91 Å². The Bertz CT molecular complexity index is 682. The number of ketones is 1. The van der Waals surface area contributed by atoms with E-state index in [1.165, 1.54) is 6.92 Å². The van der Waals surface area contributed by atoms with Gasteiger partial charge in [-0.25, -0.2) is 0 Å². The molecule has 0 aliphatic heterocycles. The first-order valence-electron chi connectivity index (χ1n) is 6.77. The average molecular weight is 299 g/mol. The highest BCUT2D eigenvalue weighted by Gasteiger charge is 2.10. The van der Waals surface area contributed by atoms with Crippen molar-refractivity contribution in [2.45, 2.75) is 6.92 Å². The summed E-state index contributed by atoms with van der Waals surface area (Å²) in [7, 11) is 1.56. The van der Waals surface area contributed by atoms with Gasteiger partial charge in [0, 0.05) is 11.8 Å². The van der Waals surface area contributed by atoms with Crippen LogP contribution in [0.15, 0.2) is 48.5 Å². The van der Waals surface area contributed by atoms with Crippen LogP contribution < -0.4 is 14.8 Å². The second-order valence-electron chi connectivity index (χ2n) is 4.62. The van der Waals surface area contributed by atoms with Crippen LogP contribution in [0.1, 0.15) is 17.3 Å². The molecule has 0 aromatic heterocycles. The van der Waals surface area contributed by atoms with Crippen molar-refractivity contribution in [2.75, 3.05) is 19.0 Å². The highest BCUT2D eigenvalue weighted by Crippen LogP contribution is 2.19. The number of hydrogen-bond acceptors (Lipinski definition) is 4. The number of hydrogen-bond donors (Lipinski definition) is 1. The molecule has 0 aliphatic rings. The molecular weight excluding hydrogens is 282 g/mol. The van der Waals surface area contributed by atoms with E-state index in [0.717, 1.165) is 0 Å². The third-order valence-electron chi connectivity index (χ3n) is 2.98. The van der Waals surface area contributed by atoms with Crippen LogP contribution in [0.2, 0.25) is 0 Å². The molecule has 0 saturated carbocycles. The van der Waals surface area contributed by atoms with E-state index in [0.29, 0.717) is 22.7 Å². The average Bonchev–Trinajstić information content (AvgIpc) is 2.53. The van der Waals surface area contributed by atoms with Crippen molar-refractivity contribution in [3.8, 4) is 11.5 Å². The van der Waals surface area contributed by atoms with Gasteiger partial charge in [-0.1, -0.05) is 18.2 Å². The molecule has 5 nitrogen and oxygen atoms in total. The van der Waals surface area contributed by atoms with E-state index in [1.54, 1.807) is 55.6 Å². The van der Waals surface area contributed by atoms with E-state index < -0.39 is 0 Å². The fourth-order valence-corrected chi connectivity index (χ4v) is 1.92. The second kappa shape index (κ2) is 7.26. The molecule has 22 heavy (non-hydrogen) atoms. The standard InChI is InChI=1S/C17H17NO4/c1-12(19)15-8-3-4-9-16(15)22-11-17(20)18-13-6-5-7-14(10-13)21-2/h3-10H,11H2,1-2H3,(H,18,20). The molecule has 0 fully saturated rings. The predicted octanol–water partition coefficient (Wildman–Crippen LogP) is 2.92. The van der Waals surface area contributed by atoms with E-state index in [1.807, 2.05) is 0 Å². The summed E-state index contributed by atoms with van der Waals surface area (Å²) in [5.74, 6) is 0.631. The van der Waals surface area contributed by atoms with Crippen LogP contribution in [-0.2, 0) is 4.79 Å². The van der Waals surface area contributed by atoms with Crippen molar-refractivity contribution in [1.29, 1.82) is 0 Å². The first kappa shape index (κ1) is 15.6. The highest BCUT2D eigenvalue weighted by molar-refractivity contribution is 5.97. The van der Waals surface area contributed by atoms with Crippen molar-refractivity contribution in [3.05, 3.63) is 54.1 Å². The summed E-state index contributed by atoms with van der Waals surface area (Å²) in [6.07, 6.45) is 0. The molecule has 114 valence electrons. The normalized spacial score (nSPS) is 9.91. The van der Waals surface area contributed by atoms with Crippen LogP contribution in [0.5, 0.6) is 11.5 Å². The van der Waals surface area contributed by atoms with E-state index >= 15 is 0 Å². The topological polar surface area (TPSA) is 64.6 Å². The van der Waals surface area contributed by atoms with E-state index in [9.17, 15) is 9.59 Å².